The summed E-state index contributed by atoms with van der Waals surface area (Å²) in [6, 6.07) is 11.4. The zero-order chi connectivity index (χ0) is 23.4. The molecule has 0 fully saturated rings. The van der Waals surface area contributed by atoms with Crippen LogP contribution in [0.1, 0.15) is 10.4 Å². The molecule has 0 aliphatic heterocycles. The summed E-state index contributed by atoms with van der Waals surface area (Å²) in [6.45, 7) is 0. The average molecular weight is 476 g/mol. The first-order valence-corrected chi connectivity index (χ1v) is 9.88. The van der Waals surface area contributed by atoms with Crippen LogP contribution in [-0.4, -0.2) is 31.6 Å². The fourth-order valence-corrected chi connectivity index (χ4v) is 3.30. The highest BCUT2D eigenvalue weighted by molar-refractivity contribution is 7.09. The third-order valence-electron chi connectivity index (χ3n) is 4.07. The average Bonchev–Trinajstić information content (AvgIpc) is 3.23. The number of hydrogen-bond acceptors (Lipinski definition) is 8. The van der Waals surface area contributed by atoms with Crippen LogP contribution in [0.15, 0.2) is 61.1 Å². The van der Waals surface area contributed by atoms with Crippen LogP contribution >= 0.6 is 11.5 Å². The maximum atomic E-state index is 14.4. The van der Waals surface area contributed by atoms with Crippen LogP contribution in [0.3, 0.4) is 0 Å². The van der Waals surface area contributed by atoms with Gasteiger partial charge in [-0.3, -0.25) is 10.1 Å². The Labute approximate surface area is 187 Å². The standard InChI is InChI=1S/C20H12F4N6O2S/c21-16-13(2-1-3-14(16)32-20(22,23)24)18-29-19(30-33-18)28-17(31)11-4-6-12(7-5-11)27-15-8-9-25-10-26-15/h1-10H,(H,25,26,27)(H,28,30,31). The van der Waals surface area contributed by atoms with Crippen LogP contribution in [0.4, 0.5) is 35.0 Å². The Kier molecular flexibility index (Phi) is 6.13. The largest absolute Gasteiger partial charge is 0.573 e. The van der Waals surface area contributed by atoms with E-state index in [1.807, 2.05) is 0 Å². The molecule has 0 radical (unpaired) electrons. The third kappa shape index (κ3) is 5.57. The van der Waals surface area contributed by atoms with E-state index in [0.29, 0.717) is 28.6 Å². The number of ether oxygens (including phenoxy) is 1. The second-order valence-corrected chi connectivity index (χ2v) is 7.09. The molecule has 0 aliphatic rings. The van der Waals surface area contributed by atoms with Crippen molar-refractivity contribution in [1.29, 1.82) is 0 Å². The molecule has 1 amide bonds. The van der Waals surface area contributed by atoms with E-state index in [1.165, 1.54) is 18.5 Å². The van der Waals surface area contributed by atoms with Crippen LogP contribution in [0, 0.1) is 5.82 Å². The van der Waals surface area contributed by atoms with Gasteiger partial charge >= 0.3 is 6.36 Å². The molecule has 0 bridgehead atoms. The van der Waals surface area contributed by atoms with Gasteiger partial charge in [-0.05, 0) is 54.0 Å². The van der Waals surface area contributed by atoms with Crippen molar-refractivity contribution in [2.75, 3.05) is 10.6 Å². The predicted octanol–water partition coefficient (Wildman–Crippen LogP) is 5.03. The number of benzene rings is 2. The zero-order valence-corrected chi connectivity index (χ0v) is 17.1. The number of aromatic nitrogens is 4. The topological polar surface area (TPSA) is 102 Å². The molecule has 2 heterocycles. The first-order valence-electron chi connectivity index (χ1n) is 9.11. The molecule has 33 heavy (non-hydrogen) atoms. The van der Waals surface area contributed by atoms with Gasteiger partial charge in [0.25, 0.3) is 5.91 Å². The van der Waals surface area contributed by atoms with Gasteiger partial charge in [-0.2, -0.15) is 9.36 Å². The number of nitrogens with one attached hydrogen (secondary N) is 2. The van der Waals surface area contributed by atoms with Gasteiger partial charge in [0, 0.05) is 17.4 Å². The van der Waals surface area contributed by atoms with Gasteiger partial charge in [-0.25, -0.2) is 14.4 Å². The molecule has 0 saturated carbocycles. The number of nitrogens with zero attached hydrogens (tertiary/aromatic N) is 4. The van der Waals surface area contributed by atoms with E-state index in [9.17, 15) is 22.4 Å². The molecule has 168 valence electrons. The lowest BCUT2D eigenvalue weighted by molar-refractivity contribution is -0.275. The maximum absolute atomic E-state index is 14.4. The molecule has 2 aromatic heterocycles. The smallest absolute Gasteiger partial charge is 0.403 e. The molecule has 8 nitrogen and oxygen atoms in total. The molecule has 13 heteroatoms. The van der Waals surface area contributed by atoms with Gasteiger partial charge in [0.05, 0.1) is 5.56 Å². The summed E-state index contributed by atoms with van der Waals surface area (Å²) in [5.41, 5.74) is 0.747. The molecule has 4 aromatic rings. The van der Waals surface area contributed by atoms with E-state index in [4.69, 9.17) is 0 Å². The maximum Gasteiger partial charge on any atom is 0.573 e. The summed E-state index contributed by atoms with van der Waals surface area (Å²) in [5.74, 6) is -2.29. The monoisotopic (exact) mass is 476 g/mol. The second-order valence-electron chi connectivity index (χ2n) is 6.34. The highest BCUT2D eigenvalue weighted by atomic mass is 32.1. The van der Waals surface area contributed by atoms with Crippen molar-refractivity contribution >= 4 is 34.9 Å². The summed E-state index contributed by atoms with van der Waals surface area (Å²) in [7, 11) is 0. The van der Waals surface area contributed by atoms with Crippen molar-refractivity contribution in [3.05, 3.63) is 72.4 Å². The summed E-state index contributed by atoms with van der Waals surface area (Å²) < 4.78 is 59.3. The Morgan fingerprint density at radius 3 is 2.55 bits per heavy atom. The Morgan fingerprint density at radius 1 is 1.06 bits per heavy atom. The first-order chi connectivity index (χ1) is 15.8. The quantitative estimate of drug-likeness (QED) is 0.377. The van der Waals surface area contributed by atoms with Crippen molar-refractivity contribution in [3.8, 4) is 16.3 Å². The van der Waals surface area contributed by atoms with E-state index in [1.54, 1.807) is 36.5 Å². The zero-order valence-electron chi connectivity index (χ0n) is 16.3. The SMILES string of the molecule is O=C(Nc1nsc(-c2cccc(OC(F)(F)F)c2F)n1)c1ccc(Nc2ccncn2)cc1. The highest BCUT2D eigenvalue weighted by Gasteiger charge is 2.33. The van der Waals surface area contributed by atoms with Gasteiger partial charge in [-0.1, -0.05) is 6.07 Å². The van der Waals surface area contributed by atoms with E-state index < -0.39 is 23.8 Å². The van der Waals surface area contributed by atoms with Gasteiger partial charge in [0.2, 0.25) is 5.95 Å². The fourth-order valence-electron chi connectivity index (χ4n) is 2.65. The number of halogens is 4. The summed E-state index contributed by atoms with van der Waals surface area (Å²) in [6.07, 6.45) is -2.07. The summed E-state index contributed by atoms with van der Waals surface area (Å²) in [5, 5.41) is 5.48. The number of hydrogen-bond donors (Lipinski definition) is 2. The van der Waals surface area contributed by atoms with Crippen LogP contribution in [-0.2, 0) is 0 Å². The van der Waals surface area contributed by atoms with Crippen LogP contribution < -0.4 is 15.4 Å². The van der Waals surface area contributed by atoms with Crippen molar-refractivity contribution in [2.24, 2.45) is 0 Å². The van der Waals surface area contributed by atoms with Gasteiger partial charge in [0.15, 0.2) is 11.6 Å². The highest BCUT2D eigenvalue weighted by Crippen LogP contribution is 2.33. The molecule has 2 N–H and O–H groups in total. The first kappa shape index (κ1) is 22.1. The number of rotatable bonds is 6. The Morgan fingerprint density at radius 2 is 1.85 bits per heavy atom. The molecule has 0 unspecified atom stereocenters. The minimum atomic E-state index is -5.04. The summed E-state index contributed by atoms with van der Waals surface area (Å²) in [4.78, 5) is 24.3. The molecule has 0 aliphatic carbocycles. The molecular weight excluding hydrogens is 464 g/mol. The molecule has 2 aromatic carbocycles. The van der Waals surface area contributed by atoms with Crippen molar-refractivity contribution < 1.29 is 27.1 Å². The van der Waals surface area contributed by atoms with E-state index >= 15 is 0 Å². The number of carbonyl (C=O) groups is 1. The normalized spacial score (nSPS) is 11.2. The minimum absolute atomic E-state index is 0.0279. The van der Waals surface area contributed by atoms with E-state index in [0.717, 1.165) is 6.07 Å². The molecule has 0 spiro atoms. The molecular formula is C20H12F4N6O2S. The summed E-state index contributed by atoms with van der Waals surface area (Å²) >= 11 is 0.710. The minimum Gasteiger partial charge on any atom is -0.403 e. The van der Waals surface area contributed by atoms with Gasteiger partial charge in [-0.15, -0.1) is 13.2 Å². The lowest BCUT2D eigenvalue weighted by Gasteiger charge is -2.10. The van der Waals surface area contributed by atoms with E-state index in [-0.39, 0.29) is 16.5 Å². The number of anilines is 3. The van der Waals surface area contributed by atoms with E-state index in [2.05, 4.69) is 34.7 Å². The molecule has 0 saturated heterocycles. The van der Waals surface area contributed by atoms with Crippen molar-refractivity contribution in [3.63, 3.8) is 0 Å². The number of carbonyl (C=O) groups excluding carboxylic acids is 1. The van der Waals surface area contributed by atoms with Crippen molar-refractivity contribution in [1.82, 2.24) is 19.3 Å². The van der Waals surface area contributed by atoms with Crippen molar-refractivity contribution in [2.45, 2.75) is 6.36 Å². The Balaban J connectivity index is 1.45. The van der Waals surface area contributed by atoms with Crippen LogP contribution in [0.25, 0.3) is 10.6 Å². The fraction of sp³-hybridized carbons (Fsp3) is 0.0500. The Hall–Kier alpha value is -4.13. The number of amides is 1. The van der Waals surface area contributed by atoms with Crippen LogP contribution in [0.5, 0.6) is 5.75 Å². The molecule has 0 atom stereocenters. The predicted molar refractivity (Wildman–Crippen MR) is 112 cm³/mol. The number of alkyl halides is 3. The third-order valence-corrected chi connectivity index (χ3v) is 4.82. The van der Waals surface area contributed by atoms with Gasteiger partial charge < -0.3 is 10.1 Å². The van der Waals surface area contributed by atoms with Gasteiger partial charge in [0.1, 0.15) is 17.2 Å². The lowest BCUT2D eigenvalue weighted by Crippen LogP contribution is -2.18. The second kappa shape index (κ2) is 9.16. The Bertz CT molecular complexity index is 1270. The molecule has 4 rings (SSSR count). The van der Waals surface area contributed by atoms with Crippen LogP contribution in [0.2, 0.25) is 0 Å². The lowest BCUT2D eigenvalue weighted by atomic mass is 10.2.